The summed E-state index contributed by atoms with van der Waals surface area (Å²) in [5, 5.41) is 13.1. The molecule has 2 aromatic carbocycles. The van der Waals surface area contributed by atoms with Crippen LogP contribution in [-0.4, -0.2) is 12.1 Å². The first-order valence-corrected chi connectivity index (χ1v) is 9.16. The third-order valence-electron chi connectivity index (χ3n) is 3.82. The van der Waals surface area contributed by atoms with Gasteiger partial charge in [-0.3, -0.25) is 4.79 Å². The highest BCUT2D eigenvalue weighted by Crippen LogP contribution is 2.26. The number of amides is 1. The van der Waals surface area contributed by atoms with Crippen LogP contribution in [0.15, 0.2) is 68.6 Å². The summed E-state index contributed by atoms with van der Waals surface area (Å²) >= 11 is 3.46. The van der Waals surface area contributed by atoms with Gasteiger partial charge in [0.25, 0.3) is 0 Å². The van der Waals surface area contributed by atoms with E-state index >= 15 is 0 Å². The van der Waals surface area contributed by atoms with E-state index < -0.39 is 5.91 Å². The van der Waals surface area contributed by atoms with Crippen molar-refractivity contribution in [3.8, 4) is 11.8 Å². The Morgan fingerprint density at radius 2 is 2.11 bits per heavy atom. The number of halogens is 1. The Morgan fingerprint density at radius 1 is 1.29 bits per heavy atom. The van der Waals surface area contributed by atoms with Gasteiger partial charge in [-0.05, 0) is 64.8 Å². The molecule has 1 heterocycles. The predicted molar refractivity (Wildman–Crippen MR) is 108 cm³/mol. The van der Waals surface area contributed by atoms with Crippen LogP contribution in [0.3, 0.4) is 0 Å². The number of furan rings is 1. The summed E-state index contributed by atoms with van der Waals surface area (Å²) in [6.07, 6.45) is 1.52. The second-order valence-electron chi connectivity index (χ2n) is 5.86. The zero-order chi connectivity index (χ0) is 19.9. The average Bonchev–Trinajstić information content (AvgIpc) is 3.14. The Hall–Kier alpha value is -3.37. The molecular formula is C21H16BrN3O3. The molecule has 140 valence electrons. The van der Waals surface area contributed by atoms with Crippen molar-refractivity contribution in [3.05, 3.63) is 87.3 Å². The van der Waals surface area contributed by atoms with Crippen LogP contribution in [0, 0.1) is 18.3 Å². The van der Waals surface area contributed by atoms with Gasteiger partial charge in [0.1, 0.15) is 18.1 Å². The maximum absolute atomic E-state index is 11.9. The number of carbonyl (C=O) groups is 1. The highest BCUT2D eigenvalue weighted by atomic mass is 79.9. The standard InChI is InChI=1S/C21H16BrN3O3/c1-14-6-8-20(28-14)21(26)25-24-12-15-7-9-19(18(22)10-15)27-13-17-5-3-2-4-16(17)11-23/h2-10,12H,13H2,1H3,(H,25,26)/b24-12-. The van der Waals surface area contributed by atoms with Crippen LogP contribution in [0.2, 0.25) is 0 Å². The average molecular weight is 438 g/mol. The molecule has 0 aliphatic carbocycles. The fraction of sp³-hybridized carbons (Fsp3) is 0.0952. The first-order valence-electron chi connectivity index (χ1n) is 8.37. The number of hydrogen-bond donors (Lipinski definition) is 1. The highest BCUT2D eigenvalue weighted by molar-refractivity contribution is 9.10. The van der Waals surface area contributed by atoms with E-state index in [-0.39, 0.29) is 12.4 Å². The summed E-state index contributed by atoms with van der Waals surface area (Å²) in [7, 11) is 0. The molecule has 0 fully saturated rings. The number of rotatable bonds is 6. The van der Waals surface area contributed by atoms with Gasteiger partial charge in [0.15, 0.2) is 5.76 Å². The second kappa shape index (κ2) is 9.02. The van der Waals surface area contributed by atoms with Gasteiger partial charge in [-0.25, -0.2) is 5.43 Å². The summed E-state index contributed by atoms with van der Waals surface area (Å²) in [6, 6.07) is 18.2. The number of benzene rings is 2. The molecule has 0 unspecified atom stereocenters. The van der Waals surface area contributed by atoms with Crippen LogP contribution in [0.25, 0.3) is 0 Å². The third-order valence-corrected chi connectivity index (χ3v) is 4.44. The van der Waals surface area contributed by atoms with E-state index in [1.807, 2.05) is 30.3 Å². The Labute approximate surface area is 170 Å². The topological polar surface area (TPSA) is 87.6 Å². The normalized spacial score (nSPS) is 10.6. The van der Waals surface area contributed by atoms with E-state index in [0.29, 0.717) is 17.1 Å². The second-order valence-corrected chi connectivity index (χ2v) is 6.71. The Bertz CT molecular complexity index is 1070. The largest absolute Gasteiger partial charge is 0.488 e. The smallest absolute Gasteiger partial charge is 0.307 e. The Balaban J connectivity index is 1.60. The van der Waals surface area contributed by atoms with Gasteiger partial charge in [0.2, 0.25) is 0 Å². The molecule has 1 N–H and O–H groups in total. The fourth-order valence-corrected chi connectivity index (χ4v) is 2.91. The number of ether oxygens (including phenoxy) is 1. The molecule has 3 aromatic rings. The lowest BCUT2D eigenvalue weighted by atomic mass is 10.1. The minimum absolute atomic E-state index is 0.206. The first-order chi connectivity index (χ1) is 13.6. The minimum Gasteiger partial charge on any atom is -0.488 e. The Kier molecular flexibility index (Phi) is 6.25. The number of nitriles is 1. The van der Waals surface area contributed by atoms with E-state index in [2.05, 4.69) is 32.5 Å². The van der Waals surface area contributed by atoms with Gasteiger partial charge >= 0.3 is 5.91 Å². The molecule has 0 bridgehead atoms. The number of nitrogens with zero attached hydrogens (tertiary/aromatic N) is 2. The van der Waals surface area contributed by atoms with Crippen LogP contribution in [0.4, 0.5) is 0 Å². The zero-order valence-corrected chi connectivity index (χ0v) is 16.6. The molecule has 0 saturated heterocycles. The van der Waals surface area contributed by atoms with Crippen LogP contribution in [-0.2, 0) is 6.61 Å². The van der Waals surface area contributed by atoms with Crippen molar-refractivity contribution in [2.75, 3.05) is 0 Å². The third kappa shape index (κ3) is 4.87. The van der Waals surface area contributed by atoms with Crippen molar-refractivity contribution in [1.82, 2.24) is 5.43 Å². The summed E-state index contributed by atoms with van der Waals surface area (Å²) in [5.74, 6) is 1.09. The van der Waals surface area contributed by atoms with Crippen molar-refractivity contribution >= 4 is 28.1 Å². The molecule has 3 rings (SSSR count). The number of hydrazone groups is 1. The van der Waals surface area contributed by atoms with E-state index in [1.165, 1.54) is 6.21 Å². The SMILES string of the molecule is Cc1ccc(C(=O)N/N=C\c2ccc(OCc3ccccc3C#N)c(Br)c2)o1. The predicted octanol–water partition coefficient (Wildman–Crippen LogP) is 4.57. The molecule has 0 aliphatic heterocycles. The minimum atomic E-state index is -0.417. The van der Waals surface area contributed by atoms with Crippen LogP contribution in [0.5, 0.6) is 5.75 Å². The van der Waals surface area contributed by atoms with Crippen molar-refractivity contribution in [1.29, 1.82) is 5.26 Å². The van der Waals surface area contributed by atoms with Gasteiger partial charge < -0.3 is 9.15 Å². The van der Waals surface area contributed by atoms with E-state index in [1.54, 1.807) is 31.2 Å². The first kappa shape index (κ1) is 19.4. The Morgan fingerprint density at radius 3 is 2.82 bits per heavy atom. The van der Waals surface area contributed by atoms with Crippen molar-refractivity contribution in [3.63, 3.8) is 0 Å². The quantitative estimate of drug-likeness (QED) is 0.451. The molecule has 0 aliphatic rings. The van der Waals surface area contributed by atoms with Gasteiger partial charge in [-0.1, -0.05) is 18.2 Å². The molecule has 0 radical (unpaired) electrons. The van der Waals surface area contributed by atoms with Gasteiger partial charge in [0, 0.05) is 5.56 Å². The zero-order valence-electron chi connectivity index (χ0n) is 15.0. The molecule has 0 spiro atoms. The number of nitrogens with one attached hydrogen (secondary N) is 1. The molecule has 1 amide bonds. The number of aryl methyl sites for hydroxylation is 1. The van der Waals surface area contributed by atoms with Gasteiger partial charge in [0.05, 0.1) is 22.3 Å². The summed E-state index contributed by atoms with van der Waals surface area (Å²) in [6.45, 7) is 2.05. The molecule has 0 atom stereocenters. The van der Waals surface area contributed by atoms with Crippen molar-refractivity contribution in [2.45, 2.75) is 13.5 Å². The monoisotopic (exact) mass is 437 g/mol. The van der Waals surface area contributed by atoms with E-state index in [4.69, 9.17) is 14.4 Å². The lowest BCUT2D eigenvalue weighted by molar-refractivity contribution is 0.0926. The molecule has 0 saturated carbocycles. The van der Waals surface area contributed by atoms with Crippen LogP contribution in [0.1, 0.15) is 33.0 Å². The molecule has 28 heavy (non-hydrogen) atoms. The van der Waals surface area contributed by atoms with Crippen LogP contribution >= 0.6 is 15.9 Å². The number of hydrogen-bond acceptors (Lipinski definition) is 5. The summed E-state index contributed by atoms with van der Waals surface area (Å²) in [5.41, 5.74) is 4.59. The van der Waals surface area contributed by atoms with E-state index in [0.717, 1.165) is 15.6 Å². The lowest BCUT2D eigenvalue weighted by Gasteiger charge is -2.09. The van der Waals surface area contributed by atoms with E-state index in [9.17, 15) is 4.79 Å². The molecular weight excluding hydrogens is 422 g/mol. The van der Waals surface area contributed by atoms with Crippen LogP contribution < -0.4 is 10.2 Å². The number of carbonyl (C=O) groups excluding carboxylic acids is 1. The summed E-state index contributed by atoms with van der Waals surface area (Å²) < 4.78 is 11.8. The maximum Gasteiger partial charge on any atom is 0.307 e. The highest BCUT2D eigenvalue weighted by Gasteiger charge is 2.08. The van der Waals surface area contributed by atoms with Crippen molar-refractivity contribution in [2.24, 2.45) is 5.10 Å². The van der Waals surface area contributed by atoms with Crippen molar-refractivity contribution < 1.29 is 13.9 Å². The van der Waals surface area contributed by atoms with Gasteiger partial charge in [-0.15, -0.1) is 0 Å². The molecule has 6 nitrogen and oxygen atoms in total. The lowest BCUT2D eigenvalue weighted by Crippen LogP contribution is -2.16. The van der Waals surface area contributed by atoms with Gasteiger partial charge in [-0.2, -0.15) is 10.4 Å². The fourth-order valence-electron chi connectivity index (χ4n) is 2.40. The molecule has 1 aromatic heterocycles. The summed E-state index contributed by atoms with van der Waals surface area (Å²) in [4.78, 5) is 11.9. The molecule has 7 heteroatoms. The maximum atomic E-state index is 11.9.